The second-order valence-electron chi connectivity index (χ2n) is 5.68. The van der Waals surface area contributed by atoms with Crippen molar-refractivity contribution in [2.45, 2.75) is 20.0 Å². The third kappa shape index (κ3) is 3.93. The molecule has 1 aromatic carbocycles. The van der Waals surface area contributed by atoms with Crippen LogP contribution >= 0.6 is 0 Å². The molecule has 2 rings (SSSR count). The van der Waals surface area contributed by atoms with Crippen molar-refractivity contribution in [3.63, 3.8) is 0 Å². The Labute approximate surface area is 116 Å². The zero-order valence-corrected chi connectivity index (χ0v) is 12.2. The summed E-state index contributed by atoms with van der Waals surface area (Å²) in [5.41, 5.74) is 3.30. The number of aromatic hydroxyl groups is 1. The molecule has 0 atom stereocenters. The first-order valence-corrected chi connectivity index (χ1v) is 6.95. The van der Waals surface area contributed by atoms with Gasteiger partial charge in [0.15, 0.2) is 0 Å². The van der Waals surface area contributed by atoms with E-state index in [4.69, 9.17) is 0 Å². The fraction of sp³-hybridized carbons (Fsp3) is 0.600. The highest BCUT2D eigenvalue weighted by Gasteiger charge is 2.13. The minimum Gasteiger partial charge on any atom is -0.507 e. The molecule has 1 aromatic rings. The van der Waals surface area contributed by atoms with Crippen LogP contribution in [0.1, 0.15) is 16.7 Å². The number of piperazine rings is 1. The van der Waals surface area contributed by atoms with E-state index in [9.17, 15) is 5.11 Å². The summed E-state index contributed by atoms with van der Waals surface area (Å²) in [6.07, 6.45) is 0. The SMILES string of the molecule is Cc1cc(CN2CCNCC2)cc(CN(C)C)c1O. The fourth-order valence-corrected chi connectivity index (χ4v) is 2.61. The Balaban J connectivity index is 2.13. The Hall–Kier alpha value is -1.10. The molecule has 1 heterocycles. The van der Waals surface area contributed by atoms with Gasteiger partial charge in [0, 0.05) is 44.8 Å². The van der Waals surface area contributed by atoms with Crippen LogP contribution in [0.3, 0.4) is 0 Å². The van der Waals surface area contributed by atoms with Crippen molar-refractivity contribution in [3.8, 4) is 5.75 Å². The quantitative estimate of drug-likeness (QED) is 0.855. The molecule has 0 bridgehead atoms. The zero-order chi connectivity index (χ0) is 13.8. The maximum absolute atomic E-state index is 10.1. The highest BCUT2D eigenvalue weighted by atomic mass is 16.3. The normalized spacial score (nSPS) is 17.1. The number of hydrogen-bond acceptors (Lipinski definition) is 4. The lowest BCUT2D eigenvalue weighted by molar-refractivity contribution is 0.233. The minimum atomic E-state index is 0.442. The van der Waals surface area contributed by atoms with Crippen molar-refractivity contribution >= 4 is 0 Å². The van der Waals surface area contributed by atoms with Gasteiger partial charge in [-0.2, -0.15) is 0 Å². The van der Waals surface area contributed by atoms with Crippen molar-refractivity contribution in [3.05, 3.63) is 28.8 Å². The first-order chi connectivity index (χ1) is 9.06. The standard InChI is InChI=1S/C15H25N3O/c1-12-8-13(10-18-6-4-16-5-7-18)9-14(15(12)19)11-17(2)3/h8-9,16,19H,4-7,10-11H2,1-3H3. The number of benzene rings is 1. The van der Waals surface area contributed by atoms with Crippen LogP contribution in [-0.4, -0.2) is 55.2 Å². The van der Waals surface area contributed by atoms with E-state index in [1.807, 2.05) is 21.0 Å². The van der Waals surface area contributed by atoms with Gasteiger partial charge in [-0.05, 0) is 38.2 Å². The molecule has 0 aliphatic carbocycles. The van der Waals surface area contributed by atoms with Gasteiger partial charge in [0.25, 0.3) is 0 Å². The van der Waals surface area contributed by atoms with Gasteiger partial charge >= 0.3 is 0 Å². The summed E-state index contributed by atoms with van der Waals surface area (Å²) in [7, 11) is 4.05. The van der Waals surface area contributed by atoms with E-state index < -0.39 is 0 Å². The first-order valence-electron chi connectivity index (χ1n) is 6.95. The minimum absolute atomic E-state index is 0.442. The highest BCUT2D eigenvalue weighted by Crippen LogP contribution is 2.25. The van der Waals surface area contributed by atoms with Gasteiger partial charge in [0.2, 0.25) is 0 Å². The van der Waals surface area contributed by atoms with Crippen molar-refractivity contribution in [1.29, 1.82) is 0 Å². The van der Waals surface area contributed by atoms with E-state index in [0.717, 1.165) is 50.4 Å². The van der Waals surface area contributed by atoms with Crippen LogP contribution in [-0.2, 0) is 13.1 Å². The summed E-state index contributed by atoms with van der Waals surface area (Å²) >= 11 is 0. The summed E-state index contributed by atoms with van der Waals surface area (Å²) < 4.78 is 0. The Morgan fingerprint density at radius 1 is 1.26 bits per heavy atom. The number of phenolic OH excluding ortho intramolecular Hbond substituents is 1. The summed E-state index contributed by atoms with van der Waals surface area (Å²) in [6, 6.07) is 4.25. The Morgan fingerprint density at radius 2 is 1.95 bits per heavy atom. The third-order valence-electron chi connectivity index (χ3n) is 3.54. The molecule has 0 radical (unpaired) electrons. The van der Waals surface area contributed by atoms with Crippen LogP contribution in [0.5, 0.6) is 5.75 Å². The average molecular weight is 263 g/mol. The van der Waals surface area contributed by atoms with E-state index in [0.29, 0.717) is 5.75 Å². The maximum atomic E-state index is 10.1. The molecule has 0 saturated carbocycles. The Kier molecular flexibility index (Phi) is 4.80. The fourth-order valence-electron chi connectivity index (χ4n) is 2.61. The molecular weight excluding hydrogens is 238 g/mol. The molecule has 0 aromatic heterocycles. The van der Waals surface area contributed by atoms with Crippen molar-refractivity contribution < 1.29 is 5.11 Å². The predicted molar refractivity (Wildman–Crippen MR) is 78.4 cm³/mol. The van der Waals surface area contributed by atoms with Gasteiger partial charge < -0.3 is 15.3 Å². The number of hydrogen-bond donors (Lipinski definition) is 2. The first kappa shape index (κ1) is 14.3. The van der Waals surface area contributed by atoms with Crippen molar-refractivity contribution in [2.75, 3.05) is 40.3 Å². The topological polar surface area (TPSA) is 38.7 Å². The summed E-state index contributed by atoms with van der Waals surface area (Å²) in [5, 5.41) is 13.5. The van der Waals surface area contributed by atoms with Crippen LogP contribution < -0.4 is 5.32 Å². The monoisotopic (exact) mass is 263 g/mol. The lowest BCUT2D eigenvalue weighted by atomic mass is 10.0. The average Bonchev–Trinajstić information content (AvgIpc) is 2.36. The van der Waals surface area contributed by atoms with Crippen LogP contribution in [0.15, 0.2) is 12.1 Å². The van der Waals surface area contributed by atoms with Crippen molar-refractivity contribution in [1.82, 2.24) is 15.1 Å². The van der Waals surface area contributed by atoms with Crippen LogP contribution in [0.2, 0.25) is 0 Å². The summed E-state index contributed by atoms with van der Waals surface area (Å²) in [5.74, 6) is 0.442. The molecule has 0 spiro atoms. The summed E-state index contributed by atoms with van der Waals surface area (Å²) in [4.78, 5) is 4.55. The molecule has 19 heavy (non-hydrogen) atoms. The molecule has 0 amide bonds. The van der Waals surface area contributed by atoms with Crippen LogP contribution in [0.4, 0.5) is 0 Å². The Bertz CT molecular complexity index is 426. The van der Waals surface area contributed by atoms with Gasteiger partial charge in [-0.1, -0.05) is 6.07 Å². The van der Waals surface area contributed by atoms with E-state index >= 15 is 0 Å². The van der Waals surface area contributed by atoms with Crippen LogP contribution in [0, 0.1) is 6.92 Å². The molecule has 0 unspecified atom stereocenters. The van der Waals surface area contributed by atoms with Gasteiger partial charge in [-0.15, -0.1) is 0 Å². The number of rotatable bonds is 4. The smallest absolute Gasteiger partial charge is 0.122 e. The summed E-state index contributed by atoms with van der Waals surface area (Å²) in [6.45, 7) is 8.08. The molecule has 4 heteroatoms. The highest BCUT2D eigenvalue weighted by molar-refractivity contribution is 5.43. The molecular formula is C15H25N3O. The second kappa shape index (κ2) is 6.37. The van der Waals surface area contributed by atoms with E-state index in [2.05, 4.69) is 27.2 Å². The molecule has 106 valence electrons. The molecule has 4 nitrogen and oxygen atoms in total. The maximum Gasteiger partial charge on any atom is 0.122 e. The number of nitrogens with zero attached hydrogens (tertiary/aromatic N) is 2. The second-order valence-corrected chi connectivity index (χ2v) is 5.68. The molecule has 1 aliphatic heterocycles. The van der Waals surface area contributed by atoms with E-state index in [-0.39, 0.29) is 0 Å². The molecule has 1 aliphatic rings. The predicted octanol–water partition coefficient (Wildman–Crippen LogP) is 1.17. The largest absolute Gasteiger partial charge is 0.507 e. The van der Waals surface area contributed by atoms with Gasteiger partial charge in [0.1, 0.15) is 5.75 Å². The van der Waals surface area contributed by atoms with E-state index in [1.165, 1.54) is 5.56 Å². The van der Waals surface area contributed by atoms with Gasteiger partial charge in [-0.25, -0.2) is 0 Å². The Morgan fingerprint density at radius 3 is 2.58 bits per heavy atom. The number of phenols is 1. The van der Waals surface area contributed by atoms with E-state index in [1.54, 1.807) is 0 Å². The number of nitrogens with one attached hydrogen (secondary N) is 1. The van der Waals surface area contributed by atoms with Crippen LogP contribution in [0.25, 0.3) is 0 Å². The van der Waals surface area contributed by atoms with Gasteiger partial charge in [0.05, 0.1) is 0 Å². The molecule has 1 saturated heterocycles. The molecule has 1 fully saturated rings. The van der Waals surface area contributed by atoms with Crippen molar-refractivity contribution in [2.24, 2.45) is 0 Å². The lowest BCUT2D eigenvalue weighted by Gasteiger charge is -2.27. The molecule has 2 N–H and O–H groups in total. The number of aryl methyl sites for hydroxylation is 1. The third-order valence-corrected chi connectivity index (χ3v) is 3.54. The lowest BCUT2D eigenvalue weighted by Crippen LogP contribution is -2.42. The zero-order valence-electron chi connectivity index (χ0n) is 12.2. The van der Waals surface area contributed by atoms with Gasteiger partial charge in [-0.3, -0.25) is 4.90 Å².